The lowest BCUT2D eigenvalue weighted by Crippen LogP contribution is -2.41. The van der Waals surface area contributed by atoms with Crippen LogP contribution in [-0.2, 0) is 14.9 Å². The zero-order valence-corrected chi connectivity index (χ0v) is 16.3. The van der Waals surface area contributed by atoms with E-state index in [1.807, 2.05) is 6.07 Å². The van der Waals surface area contributed by atoms with E-state index in [1.165, 1.54) is 4.88 Å². The maximum absolute atomic E-state index is 12.8. The fourth-order valence-electron chi connectivity index (χ4n) is 3.58. The lowest BCUT2D eigenvalue weighted by Gasteiger charge is -2.31. The molecular weight excluding hydrogens is 330 g/mol. The zero-order valence-electron chi connectivity index (χ0n) is 14.7. The number of ether oxygens (including phenoxy) is 1. The Morgan fingerprint density at radius 3 is 2.35 bits per heavy atom. The van der Waals surface area contributed by atoms with E-state index in [0.29, 0.717) is 18.7 Å². The van der Waals surface area contributed by atoms with Crippen molar-refractivity contribution in [1.82, 2.24) is 4.90 Å². The van der Waals surface area contributed by atoms with Crippen LogP contribution in [0.5, 0.6) is 0 Å². The maximum Gasteiger partial charge on any atom is 0.317 e. The van der Waals surface area contributed by atoms with Crippen LogP contribution in [-0.4, -0.2) is 36.1 Å². The van der Waals surface area contributed by atoms with Crippen molar-refractivity contribution in [3.05, 3.63) is 22.4 Å². The molecule has 0 saturated heterocycles. The normalized spacial score (nSPS) is 16.8. The van der Waals surface area contributed by atoms with Crippen LogP contribution in [0, 0.1) is 0 Å². The van der Waals surface area contributed by atoms with Crippen molar-refractivity contribution in [2.45, 2.75) is 70.9 Å². The Labute approximate surface area is 150 Å². The van der Waals surface area contributed by atoms with Crippen LogP contribution >= 0.6 is 23.7 Å². The number of halogens is 1. The van der Waals surface area contributed by atoms with E-state index < -0.39 is 0 Å². The number of nitrogens with zero attached hydrogens (tertiary/aromatic N) is 1. The van der Waals surface area contributed by atoms with Gasteiger partial charge >= 0.3 is 5.97 Å². The van der Waals surface area contributed by atoms with E-state index >= 15 is 0 Å². The van der Waals surface area contributed by atoms with Gasteiger partial charge in [-0.1, -0.05) is 18.9 Å². The van der Waals surface area contributed by atoms with Crippen molar-refractivity contribution in [3.8, 4) is 0 Å². The van der Waals surface area contributed by atoms with Crippen LogP contribution in [0.2, 0.25) is 0 Å². The van der Waals surface area contributed by atoms with Crippen molar-refractivity contribution >= 4 is 29.7 Å². The van der Waals surface area contributed by atoms with Crippen molar-refractivity contribution in [2.24, 2.45) is 0 Å². The zero-order chi connectivity index (χ0) is 16.2. The monoisotopic (exact) mass is 359 g/mol. The molecule has 0 N–H and O–H groups in total. The maximum atomic E-state index is 12.8. The van der Waals surface area contributed by atoms with Gasteiger partial charge in [-0.3, -0.25) is 9.69 Å². The Kier molecular flexibility index (Phi) is 8.05. The van der Waals surface area contributed by atoms with Crippen LogP contribution in [0.15, 0.2) is 17.5 Å². The number of esters is 1. The van der Waals surface area contributed by atoms with Gasteiger partial charge in [0.2, 0.25) is 0 Å². The summed E-state index contributed by atoms with van der Waals surface area (Å²) in [4.78, 5) is 16.3. The van der Waals surface area contributed by atoms with E-state index in [1.54, 1.807) is 11.3 Å². The summed E-state index contributed by atoms with van der Waals surface area (Å²) in [5, 5.41) is 2.06. The number of carbonyl (C=O) groups excluding carboxylic acids is 1. The van der Waals surface area contributed by atoms with E-state index in [0.717, 1.165) is 32.2 Å². The molecule has 0 radical (unpaired) electrons. The molecule has 1 saturated carbocycles. The number of hydrogen-bond donors (Lipinski definition) is 0. The van der Waals surface area contributed by atoms with Crippen LogP contribution in [0.1, 0.15) is 58.3 Å². The summed E-state index contributed by atoms with van der Waals surface area (Å²) < 4.78 is 5.71. The molecule has 0 aromatic carbocycles. The molecule has 1 aromatic heterocycles. The van der Waals surface area contributed by atoms with Crippen LogP contribution in [0.3, 0.4) is 0 Å². The molecule has 0 amide bonds. The standard InChI is InChI=1S/C18H29NO2S.ClH/c1-14(2)19(15(3)4)11-12-21-17(20)18(9-5-6-10-18)16-8-7-13-22-16;/h7-8,13-15H,5-6,9-12H2,1-4H3;1H. The summed E-state index contributed by atoms with van der Waals surface area (Å²) in [7, 11) is 0. The van der Waals surface area contributed by atoms with Gasteiger partial charge in [-0.2, -0.15) is 0 Å². The van der Waals surface area contributed by atoms with Gasteiger partial charge in [0.1, 0.15) is 12.0 Å². The Balaban J connectivity index is 0.00000264. The minimum absolute atomic E-state index is 0. The summed E-state index contributed by atoms with van der Waals surface area (Å²) in [6.07, 6.45) is 4.11. The topological polar surface area (TPSA) is 29.5 Å². The average Bonchev–Trinajstić information content (AvgIpc) is 3.12. The predicted octanol–water partition coefficient (Wildman–Crippen LogP) is 4.64. The smallest absolute Gasteiger partial charge is 0.317 e. The molecule has 1 aliphatic rings. The fourth-order valence-corrected chi connectivity index (χ4v) is 4.55. The first-order valence-electron chi connectivity index (χ1n) is 8.44. The molecule has 1 aliphatic carbocycles. The quantitative estimate of drug-likeness (QED) is 0.664. The summed E-state index contributed by atoms with van der Waals surface area (Å²) in [6.45, 7) is 10.0. The third-order valence-electron chi connectivity index (χ3n) is 4.75. The second-order valence-electron chi connectivity index (χ2n) is 6.83. The van der Waals surface area contributed by atoms with Crippen molar-refractivity contribution in [1.29, 1.82) is 0 Å². The van der Waals surface area contributed by atoms with Gasteiger partial charge in [-0.25, -0.2) is 0 Å². The first-order chi connectivity index (χ1) is 10.5. The molecule has 0 bridgehead atoms. The molecule has 1 heterocycles. The van der Waals surface area contributed by atoms with E-state index in [2.05, 4.69) is 44.0 Å². The SMILES string of the molecule is CC(C)N(CCOC(=O)C1(c2cccs2)CCCC1)C(C)C.Cl. The molecule has 1 fully saturated rings. The second-order valence-corrected chi connectivity index (χ2v) is 7.78. The van der Waals surface area contributed by atoms with E-state index in [4.69, 9.17) is 4.74 Å². The van der Waals surface area contributed by atoms with Crippen molar-refractivity contribution in [3.63, 3.8) is 0 Å². The third kappa shape index (κ3) is 4.71. The summed E-state index contributed by atoms with van der Waals surface area (Å²) >= 11 is 1.69. The third-order valence-corrected chi connectivity index (χ3v) is 5.82. The predicted molar refractivity (Wildman–Crippen MR) is 99.7 cm³/mol. The van der Waals surface area contributed by atoms with Gasteiger partial charge in [0.05, 0.1) is 0 Å². The molecule has 0 aliphatic heterocycles. The van der Waals surface area contributed by atoms with Crippen LogP contribution in [0.4, 0.5) is 0 Å². The Hall–Kier alpha value is -0.580. The number of thiophene rings is 1. The number of rotatable bonds is 7. The molecule has 3 nitrogen and oxygen atoms in total. The fraction of sp³-hybridized carbons (Fsp3) is 0.722. The van der Waals surface area contributed by atoms with Crippen molar-refractivity contribution in [2.75, 3.05) is 13.2 Å². The Morgan fingerprint density at radius 2 is 1.87 bits per heavy atom. The van der Waals surface area contributed by atoms with E-state index in [9.17, 15) is 4.79 Å². The lowest BCUT2D eigenvalue weighted by atomic mass is 9.84. The molecule has 132 valence electrons. The van der Waals surface area contributed by atoms with E-state index in [-0.39, 0.29) is 23.8 Å². The molecule has 2 rings (SSSR count). The first-order valence-corrected chi connectivity index (χ1v) is 9.32. The van der Waals surface area contributed by atoms with Crippen LogP contribution in [0.25, 0.3) is 0 Å². The van der Waals surface area contributed by atoms with Crippen LogP contribution < -0.4 is 0 Å². The van der Waals surface area contributed by atoms with Gasteiger partial charge in [0, 0.05) is 23.5 Å². The van der Waals surface area contributed by atoms with Gasteiger partial charge in [0.25, 0.3) is 0 Å². The molecule has 23 heavy (non-hydrogen) atoms. The molecule has 1 aromatic rings. The summed E-state index contributed by atoms with van der Waals surface area (Å²) in [6, 6.07) is 5.06. The lowest BCUT2D eigenvalue weighted by molar-refractivity contribution is -0.151. The minimum Gasteiger partial charge on any atom is -0.464 e. The molecule has 0 spiro atoms. The number of carbonyl (C=O) groups is 1. The first kappa shape index (κ1) is 20.5. The Bertz CT molecular complexity index is 459. The summed E-state index contributed by atoms with van der Waals surface area (Å²) in [5.41, 5.74) is -0.366. The van der Waals surface area contributed by atoms with Gasteiger partial charge in [-0.15, -0.1) is 23.7 Å². The molecule has 0 unspecified atom stereocenters. The van der Waals surface area contributed by atoms with Crippen molar-refractivity contribution < 1.29 is 9.53 Å². The Morgan fingerprint density at radius 1 is 1.26 bits per heavy atom. The largest absolute Gasteiger partial charge is 0.464 e. The highest BCUT2D eigenvalue weighted by Gasteiger charge is 2.45. The summed E-state index contributed by atoms with van der Waals surface area (Å²) in [5.74, 6) is -0.0140. The molecule has 5 heteroatoms. The minimum atomic E-state index is -0.366. The molecule has 0 atom stereocenters. The highest BCUT2D eigenvalue weighted by atomic mass is 35.5. The second kappa shape index (κ2) is 9.05. The number of hydrogen-bond acceptors (Lipinski definition) is 4. The highest BCUT2D eigenvalue weighted by Crippen LogP contribution is 2.44. The van der Waals surface area contributed by atoms with Gasteiger partial charge in [0.15, 0.2) is 0 Å². The molecular formula is C18H30ClNO2S. The van der Waals surface area contributed by atoms with Gasteiger partial charge < -0.3 is 4.74 Å². The average molecular weight is 360 g/mol. The highest BCUT2D eigenvalue weighted by molar-refractivity contribution is 7.10. The van der Waals surface area contributed by atoms with Gasteiger partial charge in [-0.05, 0) is 52.0 Å².